The first-order chi connectivity index (χ1) is 7.48. The fraction of sp³-hybridized carbons (Fsp3) is 0.250. The van der Waals surface area contributed by atoms with E-state index >= 15 is 0 Å². The Labute approximate surface area is 105 Å². The third-order valence-electron chi connectivity index (χ3n) is 1.87. The molecule has 1 aromatic carbocycles. The lowest BCUT2D eigenvalue weighted by Crippen LogP contribution is -2.13. The lowest BCUT2D eigenvalue weighted by Gasteiger charge is -2.14. The molecule has 16 heavy (non-hydrogen) atoms. The monoisotopic (exact) mass is 246 g/mol. The maximum absolute atomic E-state index is 8.90. The molecule has 2 nitrogen and oxygen atoms in total. The van der Waals surface area contributed by atoms with Crippen molar-refractivity contribution in [2.45, 2.75) is 18.6 Å². The average molecular weight is 246 g/mol. The van der Waals surface area contributed by atoms with Gasteiger partial charge in [0.1, 0.15) is 4.75 Å². The van der Waals surface area contributed by atoms with Crippen LogP contribution in [0.4, 0.5) is 0 Å². The van der Waals surface area contributed by atoms with Crippen molar-refractivity contribution in [1.82, 2.24) is 0 Å². The highest BCUT2D eigenvalue weighted by molar-refractivity contribution is 8.24. The standard InChI is InChI=1S/C12H10N2S2/c1-12(2,8-14)16-11(15)10-5-3-9(7-13)4-6-10/h3-6H,1-2H3. The van der Waals surface area contributed by atoms with Crippen molar-refractivity contribution in [3.63, 3.8) is 0 Å². The zero-order valence-corrected chi connectivity index (χ0v) is 10.7. The minimum Gasteiger partial charge on any atom is -0.197 e. The van der Waals surface area contributed by atoms with E-state index in [9.17, 15) is 0 Å². The molecular formula is C12H10N2S2. The zero-order valence-electron chi connectivity index (χ0n) is 9.02. The van der Waals surface area contributed by atoms with Crippen molar-refractivity contribution in [3.8, 4) is 12.1 Å². The lowest BCUT2D eigenvalue weighted by molar-refractivity contribution is 0.921. The van der Waals surface area contributed by atoms with Crippen LogP contribution in [-0.4, -0.2) is 8.94 Å². The number of nitrogens with zero attached hydrogens (tertiary/aromatic N) is 2. The van der Waals surface area contributed by atoms with Gasteiger partial charge in [-0.1, -0.05) is 36.1 Å². The fourth-order valence-corrected chi connectivity index (χ4v) is 2.52. The summed E-state index contributed by atoms with van der Waals surface area (Å²) in [5.41, 5.74) is 1.48. The van der Waals surface area contributed by atoms with Gasteiger partial charge in [-0.25, -0.2) is 0 Å². The van der Waals surface area contributed by atoms with Gasteiger partial charge in [0.15, 0.2) is 0 Å². The molecule has 0 aliphatic heterocycles. The molecule has 1 rings (SSSR count). The largest absolute Gasteiger partial charge is 0.197 e. The van der Waals surface area contributed by atoms with E-state index in [1.165, 1.54) is 11.8 Å². The molecule has 0 amide bonds. The van der Waals surface area contributed by atoms with E-state index in [-0.39, 0.29) is 0 Å². The number of benzene rings is 1. The molecule has 0 fully saturated rings. The van der Waals surface area contributed by atoms with Crippen LogP contribution < -0.4 is 0 Å². The topological polar surface area (TPSA) is 47.6 Å². The first-order valence-electron chi connectivity index (χ1n) is 4.63. The van der Waals surface area contributed by atoms with E-state index in [1.807, 2.05) is 13.8 Å². The van der Waals surface area contributed by atoms with Gasteiger partial charge in [-0.15, -0.1) is 0 Å². The highest BCUT2D eigenvalue weighted by Crippen LogP contribution is 2.28. The smallest absolute Gasteiger partial charge is 0.102 e. The van der Waals surface area contributed by atoms with Gasteiger partial charge in [0, 0.05) is 0 Å². The third-order valence-corrected chi connectivity index (χ3v) is 3.38. The van der Waals surface area contributed by atoms with Crippen LogP contribution in [0.5, 0.6) is 0 Å². The Morgan fingerprint density at radius 1 is 1.25 bits per heavy atom. The van der Waals surface area contributed by atoms with Gasteiger partial charge in [0.05, 0.1) is 21.9 Å². The number of thiocarbonyl (C=S) groups is 1. The van der Waals surface area contributed by atoms with Crippen LogP contribution in [-0.2, 0) is 0 Å². The highest BCUT2D eigenvalue weighted by atomic mass is 32.2. The summed E-state index contributed by atoms with van der Waals surface area (Å²) in [4.78, 5) is 0. The van der Waals surface area contributed by atoms with Gasteiger partial charge < -0.3 is 0 Å². The average Bonchev–Trinajstić information content (AvgIpc) is 2.28. The van der Waals surface area contributed by atoms with Gasteiger partial charge in [-0.3, -0.25) is 0 Å². The van der Waals surface area contributed by atoms with E-state index in [0.29, 0.717) is 9.76 Å². The molecule has 0 radical (unpaired) electrons. The van der Waals surface area contributed by atoms with Crippen LogP contribution in [0.2, 0.25) is 0 Å². The number of thioether (sulfide) groups is 1. The van der Waals surface area contributed by atoms with Gasteiger partial charge in [0.2, 0.25) is 0 Å². The van der Waals surface area contributed by atoms with E-state index < -0.39 is 4.75 Å². The predicted octanol–water partition coefficient (Wildman–Crippen LogP) is 3.27. The van der Waals surface area contributed by atoms with Crippen LogP contribution in [0, 0.1) is 22.7 Å². The quantitative estimate of drug-likeness (QED) is 0.751. The number of hydrogen-bond donors (Lipinski definition) is 0. The minimum atomic E-state index is -0.523. The molecule has 0 saturated heterocycles. The second-order valence-corrected chi connectivity index (χ2v) is 6.00. The van der Waals surface area contributed by atoms with Crippen LogP contribution in [0.1, 0.15) is 25.0 Å². The number of nitriles is 2. The van der Waals surface area contributed by atoms with E-state index in [4.69, 9.17) is 22.7 Å². The summed E-state index contributed by atoms with van der Waals surface area (Å²) in [6, 6.07) is 11.3. The molecule has 0 unspecified atom stereocenters. The van der Waals surface area contributed by atoms with Crippen molar-refractivity contribution >= 4 is 28.2 Å². The Bertz CT molecular complexity index is 475. The molecular weight excluding hydrogens is 236 g/mol. The summed E-state index contributed by atoms with van der Waals surface area (Å²) < 4.78 is 0.154. The van der Waals surface area contributed by atoms with Crippen molar-refractivity contribution in [3.05, 3.63) is 35.4 Å². The van der Waals surface area contributed by atoms with Crippen molar-refractivity contribution in [2.24, 2.45) is 0 Å². The van der Waals surface area contributed by atoms with Crippen LogP contribution in [0.3, 0.4) is 0 Å². The summed E-state index contributed by atoms with van der Waals surface area (Å²) in [5.74, 6) is 0. The van der Waals surface area contributed by atoms with E-state index in [1.54, 1.807) is 24.3 Å². The molecule has 0 N–H and O–H groups in total. The first kappa shape index (κ1) is 12.7. The molecule has 0 heterocycles. The maximum Gasteiger partial charge on any atom is 0.102 e. The molecule has 0 aromatic heterocycles. The molecule has 0 saturated carbocycles. The van der Waals surface area contributed by atoms with E-state index in [0.717, 1.165) is 5.56 Å². The van der Waals surface area contributed by atoms with Gasteiger partial charge in [-0.2, -0.15) is 10.5 Å². The zero-order chi connectivity index (χ0) is 12.2. The highest BCUT2D eigenvalue weighted by Gasteiger charge is 2.20. The first-order valence-corrected chi connectivity index (χ1v) is 5.86. The minimum absolute atomic E-state index is 0.523. The number of rotatable bonds is 2. The SMILES string of the molecule is CC(C)(C#N)SC(=S)c1ccc(C#N)cc1. The number of hydrogen-bond acceptors (Lipinski definition) is 4. The van der Waals surface area contributed by atoms with Gasteiger partial charge in [0.25, 0.3) is 0 Å². The second kappa shape index (κ2) is 5.12. The fourth-order valence-electron chi connectivity index (χ4n) is 0.994. The Kier molecular flexibility index (Phi) is 4.06. The van der Waals surface area contributed by atoms with Crippen LogP contribution >= 0.6 is 24.0 Å². The summed E-state index contributed by atoms with van der Waals surface area (Å²) in [7, 11) is 0. The van der Waals surface area contributed by atoms with Gasteiger partial charge >= 0.3 is 0 Å². The summed E-state index contributed by atoms with van der Waals surface area (Å²) in [5, 5.41) is 17.6. The molecule has 0 atom stereocenters. The predicted molar refractivity (Wildman–Crippen MR) is 70.1 cm³/mol. The molecule has 1 aromatic rings. The molecule has 0 spiro atoms. The molecule has 0 bridgehead atoms. The second-order valence-electron chi connectivity index (χ2n) is 3.70. The van der Waals surface area contributed by atoms with Crippen molar-refractivity contribution in [1.29, 1.82) is 10.5 Å². The Morgan fingerprint density at radius 3 is 2.25 bits per heavy atom. The molecule has 80 valence electrons. The summed E-state index contributed by atoms with van der Waals surface area (Å²) >= 11 is 6.60. The maximum atomic E-state index is 8.90. The molecule has 0 aliphatic carbocycles. The third kappa shape index (κ3) is 3.34. The summed E-state index contributed by atoms with van der Waals surface area (Å²) in [6.45, 7) is 3.65. The van der Waals surface area contributed by atoms with Crippen molar-refractivity contribution in [2.75, 3.05) is 0 Å². The van der Waals surface area contributed by atoms with Crippen LogP contribution in [0.25, 0.3) is 0 Å². The Balaban J connectivity index is 2.83. The molecule has 0 aliphatic rings. The van der Waals surface area contributed by atoms with Crippen LogP contribution in [0.15, 0.2) is 24.3 Å². The lowest BCUT2D eigenvalue weighted by atomic mass is 10.2. The summed E-state index contributed by atoms with van der Waals surface area (Å²) in [6.07, 6.45) is 0. The normalized spacial score (nSPS) is 10.2. The Morgan fingerprint density at radius 2 is 1.81 bits per heavy atom. The Hall–Kier alpha value is -1.36. The van der Waals surface area contributed by atoms with Gasteiger partial charge in [-0.05, 0) is 31.5 Å². The van der Waals surface area contributed by atoms with Crippen molar-refractivity contribution < 1.29 is 0 Å². The van der Waals surface area contributed by atoms with E-state index in [2.05, 4.69) is 12.1 Å². The molecule has 4 heteroatoms.